The number of aryl methyl sites for hydroxylation is 1. The summed E-state index contributed by atoms with van der Waals surface area (Å²) in [6, 6.07) is 7.95. The van der Waals surface area contributed by atoms with Crippen LogP contribution in [-0.4, -0.2) is 23.4 Å². The van der Waals surface area contributed by atoms with Crippen molar-refractivity contribution in [3.8, 4) is 0 Å². The van der Waals surface area contributed by atoms with Crippen molar-refractivity contribution < 1.29 is 4.79 Å². The summed E-state index contributed by atoms with van der Waals surface area (Å²) in [5.41, 5.74) is 2.07. The summed E-state index contributed by atoms with van der Waals surface area (Å²) in [5, 5.41) is 0.850. The molecule has 1 aromatic carbocycles. The number of unbranched alkanes of at least 4 members (excludes halogenated alkanes) is 1. The highest BCUT2D eigenvalue weighted by Crippen LogP contribution is 2.29. The Morgan fingerprint density at radius 2 is 2.17 bits per heavy atom. The number of aliphatic imine (C=N–C) groups is 1. The minimum Gasteiger partial charge on any atom is -0.273 e. The molecule has 0 aromatic heterocycles. The van der Waals surface area contributed by atoms with E-state index in [-0.39, 0.29) is 5.91 Å². The number of nitrogens with zero attached hydrogens (tertiary/aromatic N) is 2. The van der Waals surface area contributed by atoms with Gasteiger partial charge < -0.3 is 0 Å². The molecule has 3 nitrogen and oxygen atoms in total. The van der Waals surface area contributed by atoms with Crippen molar-refractivity contribution in [2.24, 2.45) is 4.99 Å². The van der Waals surface area contributed by atoms with Crippen LogP contribution in [-0.2, 0) is 4.79 Å². The second-order valence-electron chi connectivity index (χ2n) is 4.32. The largest absolute Gasteiger partial charge is 0.273 e. The fraction of sp³-hybridized carbons (Fsp3) is 0.429. The van der Waals surface area contributed by atoms with Crippen molar-refractivity contribution in [1.82, 2.24) is 0 Å². The maximum Gasteiger partial charge on any atom is 0.243 e. The van der Waals surface area contributed by atoms with Crippen LogP contribution in [0.2, 0.25) is 0 Å². The zero-order chi connectivity index (χ0) is 13.0. The predicted molar refractivity (Wildman–Crippen MR) is 78.3 cm³/mol. The Balaban J connectivity index is 2.25. The second-order valence-corrected chi connectivity index (χ2v) is 5.26. The first-order valence-electron chi connectivity index (χ1n) is 6.30. The van der Waals surface area contributed by atoms with Gasteiger partial charge in [-0.3, -0.25) is 14.7 Å². The first-order valence-corrected chi connectivity index (χ1v) is 7.28. The second kappa shape index (κ2) is 6.05. The molecule has 0 radical (unpaired) electrons. The van der Waals surface area contributed by atoms with E-state index >= 15 is 0 Å². The lowest BCUT2D eigenvalue weighted by Gasteiger charge is -2.18. The number of thioether (sulfide) groups is 1. The number of para-hydroxylation sites is 1. The standard InChI is InChI=1S/C14H18N2OS/c1-3-4-9-15-14-16(13(17)10-18-14)12-8-6-5-7-11(12)2/h5-8H,3-4,9-10H2,1-2H3/b15-14-. The van der Waals surface area contributed by atoms with Crippen LogP contribution in [0.15, 0.2) is 29.3 Å². The summed E-state index contributed by atoms with van der Waals surface area (Å²) in [7, 11) is 0. The lowest BCUT2D eigenvalue weighted by atomic mass is 10.2. The molecule has 1 aliphatic rings. The monoisotopic (exact) mass is 262 g/mol. The molecule has 0 aliphatic carbocycles. The molecule has 0 saturated carbocycles. The molecule has 0 N–H and O–H groups in total. The molecular weight excluding hydrogens is 244 g/mol. The van der Waals surface area contributed by atoms with Crippen LogP contribution in [0.25, 0.3) is 0 Å². The van der Waals surface area contributed by atoms with Crippen LogP contribution in [0, 0.1) is 6.92 Å². The predicted octanol–water partition coefficient (Wildman–Crippen LogP) is 3.23. The van der Waals surface area contributed by atoms with Gasteiger partial charge in [0.15, 0.2) is 5.17 Å². The minimum atomic E-state index is 0.129. The number of rotatable bonds is 4. The molecular formula is C14H18N2OS. The van der Waals surface area contributed by atoms with Gasteiger partial charge in [-0.15, -0.1) is 0 Å². The van der Waals surface area contributed by atoms with E-state index < -0.39 is 0 Å². The van der Waals surface area contributed by atoms with E-state index in [1.54, 1.807) is 4.90 Å². The molecule has 2 rings (SSSR count). The average molecular weight is 262 g/mol. The van der Waals surface area contributed by atoms with Crippen molar-refractivity contribution >= 4 is 28.5 Å². The Hall–Kier alpha value is -1.29. The van der Waals surface area contributed by atoms with E-state index in [9.17, 15) is 4.79 Å². The maximum absolute atomic E-state index is 12.0. The smallest absolute Gasteiger partial charge is 0.243 e. The summed E-state index contributed by atoms with van der Waals surface area (Å²) in [6.07, 6.45) is 2.19. The molecule has 1 aromatic rings. The van der Waals surface area contributed by atoms with Gasteiger partial charge in [0, 0.05) is 6.54 Å². The van der Waals surface area contributed by atoms with E-state index in [0.29, 0.717) is 5.75 Å². The number of benzene rings is 1. The molecule has 1 fully saturated rings. The van der Waals surface area contributed by atoms with Crippen LogP contribution < -0.4 is 4.90 Å². The van der Waals surface area contributed by atoms with Crippen molar-refractivity contribution in [1.29, 1.82) is 0 Å². The van der Waals surface area contributed by atoms with Gasteiger partial charge in [0.25, 0.3) is 0 Å². The zero-order valence-corrected chi connectivity index (χ0v) is 11.7. The number of hydrogen-bond acceptors (Lipinski definition) is 3. The van der Waals surface area contributed by atoms with Gasteiger partial charge in [0.2, 0.25) is 5.91 Å². The lowest BCUT2D eigenvalue weighted by Crippen LogP contribution is -2.30. The van der Waals surface area contributed by atoms with Gasteiger partial charge in [-0.05, 0) is 25.0 Å². The van der Waals surface area contributed by atoms with Crippen LogP contribution in [0.1, 0.15) is 25.3 Å². The van der Waals surface area contributed by atoms with E-state index in [4.69, 9.17) is 0 Å². The van der Waals surface area contributed by atoms with Crippen LogP contribution in [0.5, 0.6) is 0 Å². The molecule has 96 valence electrons. The van der Waals surface area contributed by atoms with Crippen LogP contribution in [0.3, 0.4) is 0 Å². The number of amidine groups is 1. The molecule has 4 heteroatoms. The minimum absolute atomic E-state index is 0.129. The van der Waals surface area contributed by atoms with Crippen molar-refractivity contribution in [2.45, 2.75) is 26.7 Å². The number of carbonyl (C=O) groups excluding carboxylic acids is 1. The molecule has 0 atom stereocenters. The third kappa shape index (κ3) is 2.75. The first kappa shape index (κ1) is 13.1. The molecule has 1 heterocycles. The first-order chi connectivity index (χ1) is 8.74. The zero-order valence-electron chi connectivity index (χ0n) is 10.8. The summed E-state index contributed by atoms with van der Waals surface area (Å²) >= 11 is 1.54. The third-order valence-corrected chi connectivity index (χ3v) is 3.84. The van der Waals surface area contributed by atoms with Gasteiger partial charge in [0.05, 0.1) is 11.4 Å². The molecule has 1 amide bonds. The van der Waals surface area contributed by atoms with Crippen molar-refractivity contribution in [3.63, 3.8) is 0 Å². The van der Waals surface area contributed by atoms with Gasteiger partial charge >= 0.3 is 0 Å². The highest BCUT2D eigenvalue weighted by atomic mass is 32.2. The third-order valence-electron chi connectivity index (χ3n) is 2.88. The quantitative estimate of drug-likeness (QED) is 0.780. The van der Waals surface area contributed by atoms with E-state index in [1.165, 1.54) is 11.8 Å². The van der Waals surface area contributed by atoms with Crippen LogP contribution in [0.4, 0.5) is 5.69 Å². The average Bonchev–Trinajstić information content (AvgIpc) is 2.72. The fourth-order valence-electron chi connectivity index (χ4n) is 1.86. The molecule has 1 saturated heterocycles. The number of anilines is 1. The van der Waals surface area contributed by atoms with Crippen molar-refractivity contribution in [2.75, 3.05) is 17.2 Å². The SMILES string of the molecule is CCCC/N=C1\SCC(=O)N1c1ccccc1C. The number of amides is 1. The van der Waals surface area contributed by atoms with E-state index in [1.807, 2.05) is 31.2 Å². The van der Waals surface area contributed by atoms with Gasteiger partial charge in [0.1, 0.15) is 0 Å². The molecule has 1 aliphatic heterocycles. The Morgan fingerprint density at radius 1 is 1.39 bits per heavy atom. The van der Waals surface area contributed by atoms with Gasteiger partial charge in [-0.25, -0.2) is 0 Å². The highest BCUT2D eigenvalue weighted by molar-refractivity contribution is 8.15. The molecule has 0 unspecified atom stereocenters. The van der Waals surface area contributed by atoms with Crippen molar-refractivity contribution in [3.05, 3.63) is 29.8 Å². The number of hydrogen-bond donors (Lipinski definition) is 0. The van der Waals surface area contributed by atoms with E-state index in [2.05, 4.69) is 11.9 Å². The Bertz CT molecular complexity index is 471. The Morgan fingerprint density at radius 3 is 2.89 bits per heavy atom. The van der Waals surface area contributed by atoms with E-state index in [0.717, 1.165) is 35.8 Å². The topological polar surface area (TPSA) is 32.7 Å². The summed E-state index contributed by atoms with van der Waals surface area (Å²) in [5.74, 6) is 0.629. The molecule has 0 bridgehead atoms. The Labute approximate surface area is 112 Å². The summed E-state index contributed by atoms with van der Waals surface area (Å²) < 4.78 is 0. The fourth-order valence-corrected chi connectivity index (χ4v) is 2.76. The normalized spacial score (nSPS) is 17.8. The van der Waals surface area contributed by atoms with Gasteiger partial charge in [-0.1, -0.05) is 43.3 Å². The molecule has 18 heavy (non-hydrogen) atoms. The number of carbonyl (C=O) groups is 1. The summed E-state index contributed by atoms with van der Waals surface area (Å²) in [4.78, 5) is 18.3. The van der Waals surface area contributed by atoms with Gasteiger partial charge in [-0.2, -0.15) is 0 Å². The van der Waals surface area contributed by atoms with Crippen LogP contribution >= 0.6 is 11.8 Å². The molecule has 0 spiro atoms. The highest BCUT2D eigenvalue weighted by Gasteiger charge is 2.30. The lowest BCUT2D eigenvalue weighted by molar-refractivity contribution is -0.115. The summed E-state index contributed by atoms with van der Waals surface area (Å²) in [6.45, 7) is 4.97. The Kier molecular flexibility index (Phi) is 4.42. The maximum atomic E-state index is 12.0.